The zero-order chi connectivity index (χ0) is 14.7. The highest BCUT2D eigenvalue weighted by molar-refractivity contribution is 5.95. The molecule has 5 nitrogen and oxygen atoms in total. The van der Waals surface area contributed by atoms with Gasteiger partial charge in [0, 0.05) is 13.1 Å². The summed E-state index contributed by atoms with van der Waals surface area (Å²) in [5, 5.41) is 6.28. The Morgan fingerprint density at radius 2 is 2.14 bits per heavy atom. The summed E-state index contributed by atoms with van der Waals surface area (Å²) in [4.78, 5) is 19.1. The number of amides is 1. The highest BCUT2D eigenvalue weighted by Gasteiger charge is 2.27. The average molecular weight is 288 g/mol. The molecule has 0 aliphatic carbocycles. The maximum atomic E-state index is 12.3. The van der Waals surface area contributed by atoms with Gasteiger partial charge in [-0.1, -0.05) is 6.92 Å². The molecule has 2 fully saturated rings. The number of nitrogens with zero attached hydrogens (tertiary/aromatic N) is 2. The second-order valence-corrected chi connectivity index (χ2v) is 6.14. The van der Waals surface area contributed by atoms with Crippen LogP contribution in [0.2, 0.25) is 0 Å². The minimum atomic E-state index is -0.0861. The van der Waals surface area contributed by atoms with Gasteiger partial charge in [0.1, 0.15) is 5.82 Å². The summed E-state index contributed by atoms with van der Waals surface area (Å²) in [7, 11) is 0. The van der Waals surface area contributed by atoms with Crippen LogP contribution >= 0.6 is 0 Å². The standard InChI is InChI=1S/C16H24N4O/c1-12-5-4-8-17-15(12)16(21)19-13-6-7-14(18-11-13)20-9-2-3-10-20/h6-7,11-12,15,17H,2-5,8-10H2,1H3,(H,19,21). The minimum Gasteiger partial charge on any atom is -0.357 e. The summed E-state index contributed by atoms with van der Waals surface area (Å²) in [6.45, 7) is 5.23. The smallest absolute Gasteiger partial charge is 0.241 e. The summed E-state index contributed by atoms with van der Waals surface area (Å²) in [5.74, 6) is 1.45. The molecule has 2 saturated heterocycles. The second-order valence-electron chi connectivity index (χ2n) is 6.14. The first-order valence-corrected chi connectivity index (χ1v) is 7.99. The van der Waals surface area contributed by atoms with Crippen molar-refractivity contribution >= 4 is 17.4 Å². The molecular formula is C16H24N4O. The van der Waals surface area contributed by atoms with Crippen molar-refractivity contribution in [3.63, 3.8) is 0 Å². The van der Waals surface area contributed by atoms with Crippen LogP contribution in [0.25, 0.3) is 0 Å². The number of carbonyl (C=O) groups is 1. The first-order valence-electron chi connectivity index (χ1n) is 7.99. The molecule has 3 rings (SSSR count). The van der Waals surface area contributed by atoms with Gasteiger partial charge in [-0.3, -0.25) is 4.79 Å². The summed E-state index contributed by atoms with van der Waals surface area (Å²) in [5.41, 5.74) is 0.780. The molecule has 2 atom stereocenters. The van der Waals surface area contributed by atoms with Crippen molar-refractivity contribution in [3.05, 3.63) is 18.3 Å². The molecule has 0 spiro atoms. The molecule has 2 aliphatic heterocycles. The number of piperidine rings is 1. The number of anilines is 2. The van der Waals surface area contributed by atoms with Gasteiger partial charge >= 0.3 is 0 Å². The molecule has 0 aromatic carbocycles. The molecule has 5 heteroatoms. The van der Waals surface area contributed by atoms with E-state index >= 15 is 0 Å². The SMILES string of the molecule is CC1CCCNC1C(=O)Nc1ccc(N2CCCC2)nc1. The van der Waals surface area contributed by atoms with Gasteiger partial charge in [-0.25, -0.2) is 4.98 Å². The predicted octanol–water partition coefficient (Wildman–Crippen LogP) is 2.01. The van der Waals surface area contributed by atoms with E-state index in [1.165, 1.54) is 12.8 Å². The van der Waals surface area contributed by atoms with Crippen molar-refractivity contribution in [1.82, 2.24) is 10.3 Å². The third kappa shape index (κ3) is 3.35. The summed E-state index contributed by atoms with van der Waals surface area (Å²) in [6.07, 6.45) is 6.50. The zero-order valence-electron chi connectivity index (χ0n) is 12.6. The Kier molecular flexibility index (Phi) is 4.39. The third-order valence-corrected chi connectivity index (χ3v) is 4.50. The van der Waals surface area contributed by atoms with Crippen LogP contribution in [0.3, 0.4) is 0 Å². The number of carbonyl (C=O) groups excluding carboxylic acids is 1. The fourth-order valence-corrected chi connectivity index (χ4v) is 3.21. The van der Waals surface area contributed by atoms with E-state index in [0.29, 0.717) is 5.92 Å². The number of nitrogens with one attached hydrogen (secondary N) is 2. The summed E-state index contributed by atoms with van der Waals surface area (Å²) in [6, 6.07) is 3.86. The summed E-state index contributed by atoms with van der Waals surface area (Å²) < 4.78 is 0. The molecule has 1 aromatic heterocycles. The largest absolute Gasteiger partial charge is 0.357 e. The lowest BCUT2D eigenvalue weighted by atomic mass is 9.92. The normalized spacial score (nSPS) is 25.9. The first-order chi connectivity index (χ1) is 10.2. The van der Waals surface area contributed by atoms with Crippen molar-refractivity contribution in [2.45, 2.75) is 38.6 Å². The molecular weight excluding hydrogens is 264 g/mol. The molecule has 0 saturated carbocycles. The van der Waals surface area contributed by atoms with Crippen molar-refractivity contribution in [2.24, 2.45) is 5.92 Å². The van der Waals surface area contributed by atoms with E-state index < -0.39 is 0 Å². The van der Waals surface area contributed by atoms with Gasteiger partial charge < -0.3 is 15.5 Å². The van der Waals surface area contributed by atoms with Crippen LogP contribution in [0, 0.1) is 5.92 Å². The highest BCUT2D eigenvalue weighted by atomic mass is 16.2. The topological polar surface area (TPSA) is 57.3 Å². The monoisotopic (exact) mass is 288 g/mol. The molecule has 2 N–H and O–H groups in total. The van der Waals surface area contributed by atoms with Gasteiger partial charge in [-0.2, -0.15) is 0 Å². The van der Waals surface area contributed by atoms with Crippen LogP contribution < -0.4 is 15.5 Å². The van der Waals surface area contributed by atoms with E-state index in [1.807, 2.05) is 12.1 Å². The predicted molar refractivity (Wildman–Crippen MR) is 84.5 cm³/mol. The zero-order valence-corrected chi connectivity index (χ0v) is 12.6. The lowest BCUT2D eigenvalue weighted by molar-refractivity contribution is -0.119. The Hall–Kier alpha value is -1.62. The Morgan fingerprint density at radius 1 is 1.33 bits per heavy atom. The van der Waals surface area contributed by atoms with E-state index in [9.17, 15) is 4.79 Å². The van der Waals surface area contributed by atoms with E-state index in [4.69, 9.17) is 0 Å². The second kappa shape index (κ2) is 6.43. The molecule has 3 heterocycles. The van der Waals surface area contributed by atoms with Gasteiger partial charge in [0.05, 0.1) is 17.9 Å². The number of hydrogen-bond acceptors (Lipinski definition) is 4. The van der Waals surface area contributed by atoms with Crippen molar-refractivity contribution in [1.29, 1.82) is 0 Å². The maximum Gasteiger partial charge on any atom is 0.241 e. The lowest BCUT2D eigenvalue weighted by Crippen LogP contribution is -2.48. The van der Waals surface area contributed by atoms with E-state index in [0.717, 1.165) is 44.0 Å². The van der Waals surface area contributed by atoms with Crippen LogP contribution in [-0.4, -0.2) is 36.6 Å². The molecule has 2 aliphatic rings. The van der Waals surface area contributed by atoms with Gasteiger partial charge in [-0.15, -0.1) is 0 Å². The molecule has 21 heavy (non-hydrogen) atoms. The highest BCUT2D eigenvalue weighted by Crippen LogP contribution is 2.20. The van der Waals surface area contributed by atoms with Crippen LogP contribution in [0.15, 0.2) is 18.3 Å². The van der Waals surface area contributed by atoms with Crippen molar-refractivity contribution in [2.75, 3.05) is 29.9 Å². The van der Waals surface area contributed by atoms with Crippen LogP contribution in [0.1, 0.15) is 32.6 Å². The Balaban J connectivity index is 1.60. The molecule has 114 valence electrons. The Labute approximate surface area is 126 Å². The van der Waals surface area contributed by atoms with Crippen molar-refractivity contribution < 1.29 is 4.79 Å². The Bertz CT molecular complexity index is 482. The molecule has 1 aromatic rings. The first kappa shape index (κ1) is 14.3. The molecule has 1 amide bonds. The molecule has 0 radical (unpaired) electrons. The van der Waals surface area contributed by atoms with Crippen molar-refractivity contribution in [3.8, 4) is 0 Å². The third-order valence-electron chi connectivity index (χ3n) is 4.50. The van der Waals surface area contributed by atoms with Gasteiger partial charge in [0.15, 0.2) is 0 Å². The fourth-order valence-electron chi connectivity index (χ4n) is 3.21. The van der Waals surface area contributed by atoms with Gasteiger partial charge in [0.2, 0.25) is 5.91 Å². The van der Waals surface area contributed by atoms with Gasteiger partial charge in [0.25, 0.3) is 0 Å². The average Bonchev–Trinajstić information content (AvgIpc) is 3.02. The molecule has 0 bridgehead atoms. The lowest BCUT2D eigenvalue weighted by Gasteiger charge is -2.28. The maximum absolute atomic E-state index is 12.3. The van der Waals surface area contributed by atoms with Gasteiger partial charge in [-0.05, 0) is 50.3 Å². The Morgan fingerprint density at radius 3 is 2.81 bits per heavy atom. The van der Waals surface area contributed by atoms with E-state index in [2.05, 4.69) is 27.4 Å². The van der Waals surface area contributed by atoms with Crippen LogP contribution in [-0.2, 0) is 4.79 Å². The number of hydrogen-bond donors (Lipinski definition) is 2. The van der Waals surface area contributed by atoms with E-state index in [1.54, 1.807) is 6.20 Å². The van der Waals surface area contributed by atoms with E-state index in [-0.39, 0.29) is 11.9 Å². The fraction of sp³-hybridized carbons (Fsp3) is 0.625. The number of pyridine rings is 1. The van der Waals surface area contributed by atoms with Crippen LogP contribution in [0.5, 0.6) is 0 Å². The molecule has 2 unspecified atom stereocenters. The quantitative estimate of drug-likeness (QED) is 0.893. The van der Waals surface area contributed by atoms with Crippen LogP contribution in [0.4, 0.5) is 11.5 Å². The number of rotatable bonds is 3. The number of aromatic nitrogens is 1. The summed E-state index contributed by atoms with van der Waals surface area (Å²) >= 11 is 0. The minimum absolute atomic E-state index is 0.0536.